The molecule has 0 saturated carbocycles. The summed E-state index contributed by atoms with van der Waals surface area (Å²) in [6, 6.07) is 9.87. The van der Waals surface area contributed by atoms with Crippen molar-refractivity contribution < 1.29 is 13.2 Å². The van der Waals surface area contributed by atoms with Gasteiger partial charge in [0.2, 0.25) is 0 Å². The van der Waals surface area contributed by atoms with Crippen LogP contribution in [-0.4, -0.2) is 43.1 Å². The van der Waals surface area contributed by atoms with Crippen LogP contribution in [0.1, 0.15) is 46.5 Å². The highest BCUT2D eigenvalue weighted by Crippen LogP contribution is 2.37. The molecule has 0 bridgehead atoms. The Morgan fingerprint density at radius 3 is 2.58 bits per heavy atom. The molecule has 4 heterocycles. The van der Waals surface area contributed by atoms with E-state index in [1.165, 1.54) is 6.92 Å². The van der Waals surface area contributed by atoms with E-state index in [1.807, 2.05) is 37.3 Å². The molecule has 0 amide bonds. The van der Waals surface area contributed by atoms with Crippen LogP contribution in [0, 0.1) is 13.8 Å². The van der Waals surface area contributed by atoms with Crippen LogP contribution in [0.25, 0.3) is 21.6 Å². The summed E-state index contributed by atoms with van der Waals surface area (Å²) in [6.07, 6.45) is -2.59. The fraction of sp³-hybridized carbons (Fsp3) is 0.391. The lowest BCUT2D eigenvalue weighted by Gasteiger charge is -2.30. The van der Waals surface area contributed by atoms with Gasteiger partial charge in [-0.1, -0.05) is 18.2 Å². The third kappa shape index (κ3) is 4.49. The van der Waals surface area contributed by atoms with Gasteiger partial charge >= 0.3 is 6.18 Å². The van der Waals surface area contributed by atoms with Gasteiger partial charge in [0.25, 0.3) is 0 Å². The number of aromatic amines is 1. The average Bonchev–Trinajstić information content (AvgIpc) is 3.41. The molecular formula is C23H23F3N6S. The fourth-order valence-corrected chi connectivity index (χ4v) is 5.29. The molecule has 1 aromatic carbocycles. The third-order valence-electron chi connectivity index (χ3n) is 6.11. The van der Waals surface area contributed by atoms with Crippen molar-refractivity contribution in [1.29, 1.82) is 0 Å². The standard InChI is InChI=1S/C23H23F3N6S/c1-13-16-5-3-4-6-17(16)28-20(27-13)12-32-9-7-15(8-10-32)18-11-19(31-30-18)22-29-21(14(2)33-22)23(24,25)26/h3-6,11,15H,7-10,12H2,1-2H3,(H,30,31). The smallest absolute Gasteiger partial charge is 0.296 e. The molecule has 10 heteroatoms. The Balaban J connectivity index is 1.24. The van der Waals surface area contributed by atoms with Crippen LogP contribution >= 0.6 is 11.3 Å². The number of aryl methyl sites for hydroxylation is 2. The van der Waals surface area contributed by atoms with E-state index in [-0.39, 0.29) is 10.8 Å². The Bertz CT molecular complexity index is 1290. The molecule has 1 N–H and O–H groups in total. The van der Waals surface area contributed by atoms with Gasteiger partial charge in [-0.05, 0) is 51.9 Å². The van der Waals surface area contributed by atoms with Crippen molar-refractivity contribution in [3.63, 3.8) is 0 Å². The first-order valence-electron chi connectivity index (χ1n) is 10.8. The number of likely N-dealkylation sites (tertiary alicyclic amines) is 1. The summed E-state index contributed by atoms with van der Waals surface area (Å²) >= 11 is 1.02. The number of hydrogen-bond donors (Lipinski definition) is 1. The van der Waals surface area contributed by atoms with Gasteiger partial charge in [0.05, 0.1) is 12.1 Å². The second-order valence-electron chi connectivity index (χ2n) is 8.42. The zero-order chi connectivity index (χ0) is 23.2. The second kappa shape index (κ2) is 8.49. The number of halogens is 3. The molecular weight excluding hydrogens is 449 g/mol. The van der Waals surface area contributed by atoms with Gasteiger partial charge in [-0.15, -0.1) is 11.3 Å². The zero-order valence-electron chi connectivity index (χ0n) is 18.3. The molecule has 1 aliphatic heterocycles. The van der Waals surface area contributed by atoms with E-state index in [9.17, 15) is 13.2 Å². The number of rotatable bonds is 4. The highest BCUT2D eigenvalue weighted by Gasteiger charge is 2.36. The summed E-state index contributed by atoms with van der Waals surface area (Å²) in [6.45, 7) is 5.93. The summed E-state index contributed by atoms with van der Waals surface area (Å²) in [4.78, 5) is 15.7. The number of nitrogens with one attached hydrogen (secondary N) is 1. The number of hydrogen-bond acceptors (Lipinski definition) is 6. The molecule has 0 radical (unpaired) electrons. The highest BCUT2D eigenvalue weighted by molar-refractivity contribution is 7.15. The van der Waals surface area contributed by atoms with Crippen molar-refractivity contribution in [3.8, 4) is 10.7 Å². The minimum atomic E-state index is -4.45. The van der Waals surface area contributed by atoms with Crippen molar-refractivity contribution >= 4 is 22.2 Å². The number of alkyl halides is 3. The van der Waals surface area contributed by atoms with Crippen LogP contribution in [-0.2, 0) is 12.7 Å². The number of aromatic nitrogens is 5. The molecule has 3 aromatic heterocycles. The number of fused-ring (bicyclic) bond motifs is 1. The number of benzene rings is 1. The second-order valence-corrected chi connectivity index (χ2v) is 9.63. The molecule has 6 nitrogen and oxygen atoms in total. The Morgan fingerprint density at radius 1 is 1.09 bits per heavy atom. The molecule has 172 valence electrons. The SMILES string of the molecule is Cc1sc(-c2cc(C3CCN(Cc4nc(C)c5ccccc5n4)CC3)[nH]n2)nc1C(F)(F)F. The summed E-state index contributed by atoms with van der Waals surface area (Å²) in [5, 5.41) is 8.64. The van der Waals surface area contributed by atoms with Crippen LogP contribution in [0.15, 0.2) is 30.3 Å². The number of nitrogens with zero attached hydrogens (tertiary/aromatic N) is 5. The van der Waals surface area contributed by atoms with Gasteiger partial charge in [-0.25, -0.2) is 15.0 Å². The number of thiazole rings is 1. The molecule has 33 heavy (non-hydrogen) atoms. The number of para-hydroxylation sites is 1. The van der Waals surface area contributed by atoms with Crippen molar-refractivity contribution in [2.45, 2.75) is 45.3 Å². The Morgan fingerprint density at radius 2 is 1.85 bits per heavy atom. The van der Waals surface area contributed by atoms with Gasteiger partial charge in [0.15, 0.2) is 5.69 Å². The summed E-state index contributed by atoms with van der Waals surface area (Å²) < 4.78 is 39.2. The van der Waals surface area contributed by atoms with Crippen LogP contribution in [0.2, 0.25) is 0 Å². The average molecular weight is 473 g/mol. The molecule has 1 fully saturated rings. The summed E-state index contributed by atoms with van der Waals surface area (Å²) in [5.74, 6) is 1.11. The van der Waals surface area contributed by atoms with E-state index in [2.05, 4.69) is 25.1 Å². The highest BCUT2D eigenvalue weighted by atomic mass is 32.1. The normalized spacial score (nSPS) is 16.0. The van der Waals surface area contributed by atoms with Gasteiger partial charge in [0.1, 0.15) is 16.5 Å². The topological polar surface area (TPSA) is 70.6 Å². The van der Waals surface area contributed by atoms with Gasteiger partial charge in [0, 0.05) is 27.6 Å². The van der Waals surface area contributed by atoms with Gasteiger partial charge < -0.3 is 0 Å². The maximum absolute atomic E-state index is 13.1. The first-order chi connectivity index (χ1) is 15.8. The molecule has 4 aromatic rings. The minimum Gasteiger partial charge on any atom is -0.296 e. The Hall–Kier alpha value is -2.85. The molecule has 0 spiro atoms. The third-order valence-corrected chi connectivity index (χ3v) is 7.11. The van der Waals surface area contributed by atoms with Crippen molar-refractivity contribution in [3.05, 3.63) is 58.1 Å². The zero-order valence-corrected chi connectivity index (χ0v) is 19.1. The largest absolute Gasteiger partial charge is 0.434 e. The predicted molar refractivity (Wildman–Crippen MR) is 121 cm³/mol. The van der Waals surface area contributed by atoms with E-state index < -0.39 is 11.9 Å². The van der Waals surface area contributed by atoms with Crippen LogP contribution < -0.4 is 0 Å². The lowest BCUT2D eigenvalue weighted by Crippen LogP contribution is -2.33. The van der Waals surface area contributed by atoms with Crippen LogP contribution in [0.5, 0.6) is 0 Å². The van der Waals surface area contributed by atoms with Gasteiger partial charge in [-0.3, -0.25) is 10.00 Å². The number of piperidine rings is 1. The van der Waals surface area contributed by atoms with E-state index in [0.717, 1.165) is 65.4 Å². The molecule has 5 rings (SSSR count). The monoisotopic (exact) mass is 472 g/mol. The van der Waals surface area contributed by atoms with Crippen molar-refractivity contribution in [1.82, 2.24) is 30.0 Å². The summed E-state index contributed by atoms with van der Waals surface area (Å²) in [7, 11) is 0. The Kier molecular flexibility index (Phi) is 5.65. The summed E-state index contributed by atoms with van der Waals surface area (Å²) in [5.41, 5.74) is 2.54. The quantitative estimate of drug-likeness (QED) is 0.425. The molecule has 1 aliphatic rings. The first-order valence-corrected chi connectivity index (χ1v) is 11.6. The van der Waals surface area contributed by atoms with Crippen LogP contribution in [0.3, 0.4) is 0 Å². The minimum absolute atomic E-state index is 0.154. The van der Waals surface area contributed by atoms with Crippen molar-refractivity contribution in [2.75, 3.05) is 13.1 Å². The van der Waals surface area contributed by atoms with E-state index in [1.54, 1.807) is 0 Å². The lowest BCUT2D eigenvalue weighted by atomic mass is 9.93. The lowest BCUT2D eigenvalue weighted by molar-refractivity contribution is -0.141. The Labute approximate surface area is 192 Å². The predicted octanol–water partition coefficient (Wildman–Crippen LogP) is 5.49. The molecule has 0 unspecified atom stereocenters. The maximum atomic E-state index is 13.1. The molecule has 0 aliphatic carbocycles. The van der Waals surface area contributed by atoms with E-state index >= 15 is 0 Å². The first kappa shape index (κ1) is 22.0. The molecule has 1 saturated heterocycles. The van der Waals surface area contributed by atoms with Crippen LogP contribution in [0.4, 0.5) is 13.2 Å². The maximum Gasteiger partial charge on any atom is 0.434 e. The van der Waals surface area contributed by atoms with E-state index in [0.29, 0.717) is 17.2 Å². The van der Waals surface area contributed by atoms with Gasteiger partial charge in [-0.2, -0.15) is 18.3 Å². The van der Waals surface area contributed by atoms with Crippen molar-refractivity contribution in [2.24, 2.45) is 0 Å². The van der Waals surface area contributed by atoms with E-state index in [4.69, 9.17) is 4.98 Å². The number of H-pyrrole nitrogens is 1. The fourth-order valence-electron chi connectivity index (χ4n) is 4.39. The molecule has 0 atom stereocenters.